The predicted molar refractivity (Wildman–Crippen MR) is 88.7 cm³/mol. The van der Waals surface area contributed by atoms with Crippen LogP contribution in [0.1, 0.15) is 32.0 Å². The lowest BCUT2D eigenvalue weighted by atomic mass is 10.1. The SMILES string of the molecule is O=C1c2ccccc2C(=O)N1Cc1cc(-c2ncc(C(F)(F)F)cn2)ncn1. The van der Waals surface area contributed by atoms with Crippen LogP contribution in [0.2, 0.25) is 0 Å². The summed E-state index contributed by atoms with van der Waals surface area (Å²) in [6, 6.07) is 7.89. The summed E-state index contributed by atoms with van der Waals surface area (Å²) >= 11 is 0. The number of fused-ring (bicyclic) bond motifs is 1. The highest BCUT2D eigenvalue weighted by molar-refractivity contribution is 6.21. The van der Waals surface area contributed by atoms with E-state index in [1.165, 1.54) is 12.4 Å². The fraction of sp³-hybridized carbons (Fsp3) is 0.111. The molecule has 0 unspecified atom stereocenters. The first-order chi connectivity index (χ1) is 13.3. The van der Waals surface area contributed by atoms with Crippen molar-refractivity contribution in [1.29, 1.82) is 0 Å². The molecule has 0 fully saturated rings. The van der Waals surface area contributed by atoms with Crippen LogP contribution in [0, 0.1) is 0 Å². The van der Waals surface area contributed by atoms with Crippen molar-refractivity contribution in [2.24, 2.45) is 0 Å². The maximum absolute atomic E-state index is 12.6. The Labute approximate surface area is 155 Å². The number of imide groups is 1. The van der Waals surface area contributed by atoms with Crippen LogP contribution in [-0.4, -0.2) is 36.7 Å². The van der Waals surface area contributed by atoms with Gasteiger partial charge in [0, 0.05) is 12.4 Å². The van der Waals surface area contributed by atoms with Gasteiger partial charge in [-0.25, -0.2) is 19.9 Å². The largest absolute Gasteiger partial charge is 0.419 e. The minimum Gasteiger partial charge on any atom is -0.269 e. The number of halogens is 3. The maximum atomic E-state index is 12.6. The third-order valence-corrected chi connectivity index (χ3v) is 4.13. The van der Waals surface area contributed by atoms with Gasteiger partial charge in [0.2, 0.25) is 0 Å². The molecule has 0 bridgehead atoms. The summed E-state index contributed by atoms with van der Waals surface area (Å²) in [6.07, 6.45) is -2.05. The van der Waals surface area contributed by atoms with Crippen molar-refractivity contribution in [2.45, 2.75) is 12.7 Å². The number of aromatic nitrogens is 4. The molecule has 7 nitrogen and oxygen atoms in total. The first-order valence-corrected chi connectivity index (χ1v) is 8.00. The number of benzene rings is 1. The van der Waals surface area contributed by atoms with Crippen molar-refractivity contribution in [3.63, 3.8) is 0 Å². The van der Waals surface area contributed by atoms with Gasteiger partial charge < -0.3 is 0 Å². The molecule has 0 aliphatic carbocycles. The highest BCUT2D eigenvalue weighted by Gasteiger charge is 2.35. The zero-order chi connectivity index (χ0) is 19.9. The normalized spacial score (nSPS) is 13.8. The fourth-order valence-corrected chi connectivity index (χ4v) is 2.76. The predicted octanol–water partition coefficient (Wildman–Crippen LogP) is 2.75. The summed E-state index contributed by atoms with van der Waals surface area (Å²) in [4.78, 5) is 41.2. The van der Waals surface area contributed by atoms with Gasteiger partial charge in [-0.2, -0.15) is 13.2 Å². The van der Waals surface area contributed by atoms with Crippen molar-refractivity contribution in [2.75, 3.05) is 0 Å². The molecular formula is C18H10F3N5O2. The minimum absolute atomic E-state index is 0.0287. The van der Waals surface area contributed by atoms with Crippen molar-refractivity contribution in [3.05, 3.63) is 71.4 Å². The molecule has 1 aliphatic heterocycles. The first-order valence-electron chi connectivity index (χ1n) is 8.00. The monoisotopic (exact) mass is 385 g/mol. The van der Waals surface area contributed by atoms with Crippen molar-refractivity contribution in [3.8, 4) is 11.5 Å². The van der Waals surface area contributed by atoms with E-state index in [4.69, 9.17) is 0 Å². The van der Waals surface area contributed by atoms with Crippen LogP contribution in [0.3, 0.4) is 0 Å². The van der Waals surface area contributed by atoms with E-state index in [1.54, 1.807) is 24.3 Å². The van der Waals surface area contributed by atoms with Crippen LogP contribution in [0.25, 0.3) is 11.5 Å². The van der Waals surface area contributed by atoms with E-state index in [0.717, 1.165) is 4.90 Å². The third kappa shape index (κ3) is 3.08. The van der Waals surface area contributed by atoms with Gasteiger partial charge in [0.05, 0.1) is 28.9 Å². The molecule has 140 valence electrons. The lowest BCUT2D eigenvalue weighted by molar-refractivity contribution is -0.138. The Morgan fingerprint density at radius 2 is 1.50 bits per heavy atom. The summed E-state index contributed by atoms with van der Waals surface area (Å²) in [6.45, 7) is -0.109. The molecule has 1 aliphatic rings. The van der Waals surface area contributed by atoms with E-state index in [2.05, 4.69) is 19.9 Å². The Kier molecular flexibility index (Phi) is 4.10. The second kappa shape index (κ2) is 6.48. The number of rotatable bonds is 3. The maximum Gasteiger partial charge on any atom is 0.419 e. The van der Waals surface area contributed by atoms with Gasteiger partial charge in [0.25, 0.3) is 11.8 Å². The summed E-state index contributed by atoms with van der Waals surface area (Å²) in [7, 11) is 0. The average molecular weight is 385 g/mol. The van der Waals surface area contributed by atoms with Gasteiger partial charge in [-0.1, -0.05) is 12.1 Å². The van der Waals surface area contributed by atoms with E-state index in [0.29, 0.717) is 29.2 Å². The molecule has 10 heteroatoms. The first kappa shape index (κ1) is 17.7. The molecule has 0 N–H and O–H groups in total. The lowest BCUT2D eigenvalue weighted by Gasteiger charge is -2.13. The molecule has 0 radical (unpaired) electrons. The van der Waals surface area contributed by atoms with Gasteiger partial charge >= 0.3 is 6.18 Å². The molecule has 0 spiro atoms. The number of hydrogen-bond acceptors (Lipinski definition) is 6. The standard InChI is InChI=1S/C18H10F3N5O2/c19-18(20,21)10-6-22-15(23-7-10)14-5-11(24-9-25-14)8-26-16(27)12-3-1-2-4-13(12)17(26)28/h1-7,9H,8H2. The van der Waals surface area contributed by atoms with Crippen molar-refractivity contribution in [1.82, 2.24) is 24.8 Å². The Hall–Kier alpha value is -3.69. The topological polar surface area (TPSA) is 88.9 Å². The van der Waals surface area contributed by atoms with Gasteiger partial charge in [-0.15, -0.1) is 0 Å². The van der Waals surface area contributed by atoms with Gasteiger partial charge in [-0.3, -0.25) is 14.5 Å². The van der Waals surface area contributed by atoms with Crippen LogP contribution in [0.4, 0.5) is 13.2 Å². The molecular weight excluding hydrogens is 375 g/mol. The molecule has 3 heterocycles. The van der Waals surface area contributed by atoms with Gasteiger partial charge in [0.15, 0.2) is 5.82 Å². The number of nitrogens with zero attached hydrogens (tertiary/aromatic N) is 5. The average Bonchev–Trinajstić information content (AvgIpc) is 2.93. The van der Waals surface area contributed by atoms with E-state index < -0.39 is 23.6 Å². The van der Waals surface area contributed by atoms with Crippen molar-refractivity contribution >= 4 is 11.8 Å². The third-order valence-electron chi connectivity index (χ3n) is 4.13. The molecule has 1 aromatic carbocycles. The Balaban J connectivity index is 1.59. The smallest absolute Gasteiger partial charge is 0.269 e. The molecule has 4 rings (SSSR count). The number of carbonyl (C=O) groups is 2. The second-order valence-corrected chi connectivity index (χ2v) is 5.93. The molecule has 0 saturated carbocycles. The van der Waals surface area contributed by atoms with E-state index in [9.17, 15) is 22.8 Å². The van der Waals surface area contributed by atoms with Crippen LogP contribution in [-0.2, 0) is 12.7 Å². The fourth-order valence-electron chi connectivity index (χ4n) is 2.76. The molecule has 0 saturated heterocycles. The summed E-state index contributed by atoms with van der Waals surface area (Å²) < 4.78 is 37.9. The van der Waals surface area contributed by atoms with Crippen LogP contribution in [0.5, 0.6) is 0 Å². The van der Waals surface area contributed by atoms with Crippen LogP contribution >= 0.6 is 0 Å². The van der Waals surface area contributed by atoms with Crippen LogP contribution in [0.15, 0.2) is 49.1 Å². The second-order valence-electron chi connectivity index (χ2n) is 5.93. The van der Waals surface area contributed by atoms with Gasteiger partial charge in [-0.05, 0) is 18.2 Å². The Morgan fingerprint density at radius 3 is 2.07 bits per heavy atom. The number of amides is 2. The summed E-state index contributed by atoms with van der Waals surface area (Å²) in [5, 5.41) is 0. The Morgan fingerprint density at radius 1 is 0.893 bits per heavy atom. The minimum atomic E-state index is -4.54. The van der Waals surface area contributed by atoms with E-state index >= 15 is 0 Å². The molecule has 0 atom stereocenters. The number of carbonyl (C=O) groups excluding carboxylic acids is 2. The molecule has 2 aromatic heterocycles. The van der Waals surface area contributed by atoms with E-state index in [1.807, 2.05) is 0 Å². The van der Waals surface area contributed by atoms with E-state index in [-0.39, 0.29) is 18.1 Å². The number of hydrogen-bond donors (Lipinski definition) is 0. The van der Waals surface area contributed by atoms with Gasteiger partial charge in [0.1, 0.15) is 12.0 Å². The summed E-state index contributed by atoms with van der Waals surface area (Å²) in [5.74, 6) is -0.905. The zero-order valence-corrected chi connectivity index (χ0v) is 14.0. The summed E-state index contributed by atoms with van der Waals surface area (Å²) in [5.41, 5.74) is 0.149. The molecule has 3 aromatic rings. The highest BCUT2D eigenvalue weighted by Crippen LogP contribution is 2.28. The van der Waals surface area contributed by atoms with Crippen molar-refractivity contribution < 1.29 is 22.8 Å². The Bertz CT molecular complexity index is 1050. The lowest BCUT2D eigenvalue weighted by Crippen LogP contribution is -2.29. The number of alkyl halides is 3. The quantitative estimate of drug-likeness (QED) is 0.644. The van der Waals surface area contributed by atoms with Crippen LogP contribution < -0.4 is 0 Å². The zero-order valence-electron chi connectivity index (χ0n) is 14.0. The molecule has 28 heavy (non-hydrogen) atoms. The highest BCUT2D eigenvalue weighted by atomic mass is 19.4. The molecule has 2 amide bonds.